The van der Waals surface area contributed by atoms with Gasteiger partial charge in [0.05, 0.1) is 13.0 Å². The number of carboxylic acids is 1. The minimum Gasteiger partial charge on any atom is -0.493 e. The van der Waals surface area contributed by atoms with Crippen molar-refractivity contribution >= 4 is 11.9 Å². The molecule has 102 valence electrons. The summed E-state index contributed by atoms with van der Waals surface area (Å²) >= 11 is 0. The molecule has 1 saturated carbocycles. The van der Waals surface area contributed by atoms with Gasteiger partial charge in [-0.15, -0.1) is 0 Å². The van der Waals surface area contributed by atoms with Crippen LogP contribution in [-0.2, 0) is 4.79 Å². The maximum Gasteiger partial charge on any atom is 0.305 e. The van der Waals surface area contributed by atoms with Crippen molar-refractivity contribution < 1.29 is 19.4 Å². The number of hydrogen-bond acceptors (Lipinski definition) is 3. The molecule has 0 bridgehead atoms. The van der Waals surface area contributed by atoms with Crippen molar-refractivity contribution in [2.75, 3.05) is 13.2 Å². The molecule has 0 aromatic heterocycles. The first-order valence-electron chi connectivity index (χ1n) is 6.38. The first kappa shape index (κ1) is 13.4. The fourth-order valence-corrected chi connectivity index (χ4v) is 1.59. The van der Waals surface area contributed by atoms with E-state index in [0.29, 0.717) is 11.5 Å². The normalized spacial score (nSPS) is 13.9. The number of hydrogen-bond donors (Lipinski definition) is 2. The highest BCUT2D eigenvalue weighted by atomic mass is 16.5. The molecule has 0 saturated heterocycles. The Labute approximate surface area is 111 Å². The lowest BCUT2D eigenvalue weighted by Gasteiger charge is -2.07. The van der Waals surface area contributed by atoms with Crippen molar-refractivity contribution in [1.82, 2.24) is 5.32 Å². The summed E-state index contributed by atoms with van der Waals surface area (Å²) in [6, 6.07) is 6.87. The quantitative estimate of drug-likeness (QED) is 0.784. The van der Waals surface area contributed by atoms with Gasteiger partial charge in [-0.2, -0.15) is 0 Å². The van der Waals surface area contributed by atoms with E-state index in [1.807, 2.05) is 0 Å². The van der Waals surface area contributed by atoms with E-state index in [2.05, 4.69) is 5.32 Å². The third-order valence-corrected chi connectivity index (χ3v) is 2.92. The Bertz CT molecular complexity index is 451. The van der Waals surface area contributed by atoms with Crippen molar-refractivity contribution in [3.8, 4) is 5.75 Å². The number of rotatable bonds is 7. The molecule has 1 aromatic carbocycles. The van der Waals surface area contributed by atoms with Crippen LogP contribution in [0.2, 0.25) is 0 Å². The zero-order chi connectivity index (χ0) is 13.7. The molecule has 5 nitrogen and oxygen atoms in total. The first-order chi connectivity index (χ1) is 9.15. The predicted octanol–water partition coefficient (Wildman–Crippen LogP) is 1.68. The van der Waals surface area contributed by atoms with Gasteiger partial charge >= 0.3 is 5.97 Å². The third-order valence-electron chi connectivity index (χ3n) is 2.92. The maximum atomic E-state index is 11.7. The first-order valence-corrected chi connectivity index (χ1v) is 6.38. The third kappa shape index (κ3) is 4.62. The van der Waals surface area contributed by atoms with Crippen LogP contribution in [0.3, 0.4) is 0 Å². The number of carboxylic acid groups (broad SMARTS) is 1. The Balaban J connectivity index is 1.79. The van der Waals surface area contributed by atoms with Crippen LogP contribution in [0.1, 0.15) is 29.6 Å². The van der Waals surface area contributed by atoms with Gasteiger partial charge in [0.2, 0.25) is 0 Å². The summed E-state index contributed by atoms with van der Waals surface area (Å²) in [6.45, 7) is 0.873. The number of amides is 1. The van der Waals surface area contributed by atoms with Crippen LogP contribution in [0.25, 0.3) is 0 Å². The van der Waals surface area contributed by atoms with Crippen LogP contribution in [-0.4, -0.2) is 30.1 Å². The average molecular weight is 263 g/mol. The smallest absolute Gasteiger partial charge is 0.305 e. The topological polar surface area (TPSA) is 75.6 Å². The minimum atomic E-state index is -0.927. The molecule has 5 heteroatoms. The van der Waals surface area contributed by atoms with Crippen molar-refractivity contribution in [1.29, 1.82) is 0 Å². The Morgan fingerprint density at radius 1 is 1.26 bits per heavy atom. The van der Waals surface area contributed by atoms with Gasteiger partial charge in [0, 0.05) is 12.1 Å². The molecule has 1 amide bonds. The van der Waals surface area contributed by atoms with Crippen LogP contribution in [0.15, 0.2) is 24.3 Å². The van der Waals surface area contributed by atoms with Crippen molar-refractivity contribution in [3.05, 3.63) is 29.8 Å². The average Bonchev–Trinajstić information content (AvgIpc) is 3.20. The Kier molecular flexibility index (Phi) is 4.39. The fraction of sp³-hybridized carbons (Fsp3) is 0.429. The summed E-state index contributed by atoms with van der Waals surface area (Å²) < 4.78 is 5.57. The number of benzene rings is 1. The lowest BCUT2D eigenvalue weighted by atomic mass is 10.2. The molecular weight excluding hydrogens is 246 g/mol. The zero-order valence-corrected chi connectivity index (χ0v) is 10.6. The molecular formula is C14H17NO4. The molecule has 2 N–H and O–H groups in total. The highest BCUT2D eigenvalue weighted by Gasteiger charge is 2.21. The number of nitrogens with one attached hydrogen (secondary N) is 1. The second-order valence-electron chi connectivity index (χ2n) is 4.68. The van der Waals surface area contributed by atoms with Gasteiger partial charge < -0.3 is 15.2 Å². The number of carbonyl (C=O) groups is 2. The van der Waals surface area contributed by atoms with Crippen LogP contribution in [0.5, 0.6) is 5.75 Å². The molecule has 1 fully saturated rings. The molecule has 0 radical (unpaired) electrons. The van der Waals surface area contributed by atoms with Crippen molar-refractivity contribution in [2.45, 2.75) is 19.3 Å². The van der Waals surface area contributed by atoms with E-state index in [9.17, 15) is 9.59 Å². The van der Waals surface area contributed by atoms with Crippen LogP contribution >= 0.6 is 0 Å². The Morgan fingerprint density at radius 2 is 1.95 bits per heavy atom. The van der Waals surface area contributed by atoms with E-state index >= 15 is 0 Å². The molecule has 1 aliphatic carbocycles. The SMILES string of the molecule is O=C(O)CCNC(=O)c1ccc(OCC2CC2)cc1. The van der Waals surface area contributed by atoms with E-state index in [1.54, 1.807) is 24.3 Å². The lowest BCUT2D eigenvalue weighted by molar-refractivity contribution is -0.136. The minimum absolute atomic E-state index is 0.0751. The molecule has 0 spiro atoms. The number of carbonyl (C=O) groups excluding carboxylic acids is 1. The maximum absolute atomic E-state index is 11.7. The van der Waals surface area contributed by atoms with E-state index in [4.69, 9.17) is 9.84 Å². The van der Waals surface area contributed by atoms with E-state index < -0.39 is 5.97 Å². The summed E-state index contributed by atoms with van der Waals surface area (Å²) in [4.78, 5) is 22.0. The summed E-state index contributed by atoms with van der Waals surface area (Å²) in [7, 11) is 0. The monoisotopic (exact) mass is 263 g/mol. The number of aliphatic carboxylic acids is 1. The standard InChI is InChI=1S/C14H17NO4/c16-13(17)7-8-15-14(18)11-3-5-12(6-4-11)19-9-10-1-2-10/h3-6,10H,1-2,7-9H2,(H,15,18)(H,16,17). The van der Waals surface area contributed by atoms with Gasteiger partial charge in [0.1, 0.15) is 5.75 Å². The summed E-state index contributed by atoms with van der Waals surface area (Å²) in [5, 5.41) is 11.0. The second kappa shape index (κ2) is 6.22. The van der Waals surface area contributed by atoms with Crippen LogP contribution in [0.4, 0.5) is 0 Å². The zero-order valence-electron chi connectivity index (χ0n) is 10.6. The Morgan fingerprint density at radius 3 is 2.53 bits per heavy atom. The molecule has 19 heavy (non-hydrogen) atoms. The van der Waals surface area contributed by atoms with Crippen LogP contribution < -0.4 is 10.1 Å². The second-order valence-corrected chi connectivity index (χ2v) is 4.68. The molecule has 0 unspecified atom stereocenters. The highest BCUT2D eigenvalue weighted by Crippen LogP contribution is 2.29. The van der Waals surface area contributed by atoms with Crippen molar-refractivity contribution in [2.24, 2.45) is 5.92 Å². The summed E-state index contributed by atoms with van der Waals surface area (Å²) in [6.07, 6.45) is 2.41. The largest absolute Gasteiger partial charge is 0.493 e. The molecule has 0 heterocycles. The molecule has 1 aliphatic rings. The van der Waals surface area contributed by atoms with Gasteiger partial charge in [0.15, 0.2) is 0 Å². The summed E-state index contributed by atoms with van der Waals surface area (Å²) in [5.74, 6) is 0.257. The Hall–Kier alpha value is -2.04. The van der Waals surface area contributed by atoms with Gasteiger partial charge in [-0.25, -0.2) is 0 Å². The van der Waals surface area contributed by atoms with Crippen LogP contribution in [0, 0.1) is 5.92 Å². The van der Waals surface area contributed by atoms with E-state index in [1.165, 1.54) is 12.8 Å². The fourth-order valence-electron chi connectivity index (χ4n) is 1.59. The molecule has 0 atom stereocenters. The van der Waals surface area contributed by atoms with Gasteiger partial charge in [-0.1, -0.05) is 0 Å². The van der Waals surface area contributed by atoms with Gasteiger partial charge in [-0.05, 0) is 43.0 Å². The number of ether oxygens (including phenoxy) is 1. The summed E-state index contributed by atoms with van der Waals surface area (Å²) in [5.41, 5.74) is 0.504. The van der Waals surface area contributed by atoms with Gasteiger partial charge in [0.25, 0.3) is 5.91 Å². The van der Waals surface area contributed by atoms with E-state index in [-0.39, 0.29) is 18.9 Å². The van der Waals surface area contributed by atoms with Crippen molar-refractivity contribution in [3.63, 3.8) is 0 Å². The van der Waals surface area contributed by atoms with E-state index in [0.717, 1.165) is 12.4 Å². The molecule has 1 aromatic rings. The lowest BCUT2D eigenvalue weighted by Crippen LogP contribution is -2.25. The molecule has 0 aliphatic heterocycles. The molecule has 2 rings (SSSR count). The predicted molar refractivity (Wildman–Crippen MR) is 69.2 cm³/mol. The van der Waals surface area contributed by atoms with Gasteiger partial charge in [-0.3, -0.25) is 9.59 Å². The highest BCUT2D eigenvalue weighted by molar-refractivity contribution is 5.94.